The van der Waals surface area contributed by atoms with Crippen molar-refractivity contribution in [1.82, 2.24) is 15.2 Å². The fourth-order valence-electron chi connectivity index (χ4n) is 3.50. The van der Waals surface area contributed by atoms with Crippen molar-refractivity contribution < 1.29 is 9.47 Å². The smallest absolute Gasteiger partial charge is 0.247 e. The van der Waals surface area contributed by atoms with E-state index in [-0.39, 0.29) is 0 Å². The summed E-state index contributed by atoms with van der Waals surface area (Å²) in [7, 11) is 3.34. The van der Waals surface area contributed by atoms with Crippen LogP contribution < -0.4 is 19.3 Å². The number of methoxy groups -OCH3 is 2. The Balaban J connectivity index is 1.83. The number of anilines is 2. The molecule has 27 heavy (non-hydrogen) atoms. The predicted octanol–water partition coefficient (Wildman–Crippen LogP) is 3.08. The highest BCUT2D eigenvalue weighted by Gasteiger charge is 2.21. The molecule has 0 aliphatic carbocycles. The van der Waals surface area contributed by atoms with Crippen molar-refractivity contribution in [3.63, 3.8) is 0 Å². The third-order valence-corrected chi connectivity index (χ3v) is 4.85. The van der Waals surface area contributed by atoms with Crippen LogP contribution in [0, 0.1) is 0 Å². The lowest BCUT2D eigenvalue weighted by Crippen LogP contribution is -2.33. The molecule has 1 aliphatic heterocycles. The maximum atomic E-state index is 5.46. The summed E-state index contributed by atoms with van der Waals surface area (Å²) in [4.78, 5) is 9.27. The molecule has 0 radical (unpaired) electrons. The molecule has 3 rings (SSSR count). The Morgan fingerprint density at radius 1 is 1.04 bits per heavy atom. The third kappa shape index (κ3) is 4.23. The van der Waals surface area contributed by atoms with Gasteiger partial charge in [-0.25, -0.2) is 0 Å². The molecule has 0 unspecified atom stereocenters. The van der Waals surface area contributed by atoms with Gasteiger partial charge in [-0.05, 0) is 42.5 Å². The summed E-state index contributed by atoms with van der Waals surface area (Å²) >= 11 is 0. The molecule has 7 nitrogen and oxygen atoms in total. The molecule has 0 saturated carbocycles. The van der Waals surface area contributed by atoms with Gasteiger partial charge < -0.3 is 19.3 Å². The Labute approximate surface area is 161 Å². The predicted molar refractivity (Wildman–Crippen MR) is 107 cm³/mol. The molecule has 0 N–H and O–H groups in total. The van der Waals surface area contributed by atoms with Crippen LogP contribution in [0.5, 0.6) is 11.5 Å². The van der Waals surface area contributed by atoms with E-state index >= 15 is 0 Å². The Morgan fingerprint density at radius 2 is 1.70 bits per heavy atom. The zero-order valence-electron chi connectivity index (χ0n) is 16.7. The lowest BCUT2D eigenvalue weighted by atomic mass is 9.99. The number of aromatic nitrogens is 3. The van der Waals surface area contributed by atoms with Crippen LogP contribution in [0.15, 0.2) is 18.3 Å². The first-order valence-electron chi connectivity index (χ1n) is 9.63. The van der Waals surface area contributed by atoms with Gasteiger partial charge in [-0.15, -0.1) is 5.10 Å². The van der Waals surface area contributed by atoms with E-state index in [1.54, 1.807) is 20.4 Å². The van der Waals surface area contributed by atoms with E-state index in [0.29, 0.717) is 5.95 Å². The summed E-state index contributed by atoms with van der Waals surface area (Å²) in [5.74, 6) is 3.13. The van der Waals surface area contributed by atoms with E-state index in [2.05, 4.69) is 46.0 Å². The van der Waals surface area contributed by atoms with Crippen molar-refractivity contribution >= 4 is 11.8 Å². The second kappa shape index (κ2) is 8.88. The lowest BCUT2D eigenvalue weighted by molar-refractivity contribution is 0.353. The molecule has 0 atom stereocenters. The molecule has 0 fully saturated rings. The van der Waals surface area contributed by atoms with E-state index in [0.717, 1.165) is 62.8 Å². The average Bonchev–Trinajstić information content (AvgIpc) is 2.72. The summed E-state index contributed by atoms with van der Waals surface area (Å²) < 4.78 is 10.9. The maximum absolute atomic E-state index is 5.46. The van der Waals surface area contributed by atoms with Gasteiger partial charge in [0.25, 0.3) is 0 Å². The zero-order chi connectivity index (χ0) is 19.2. The fourth-order valence-corrected chi connectivity index (χ4v) is 3.50. The van der Waals surface area contributed by atoms with Gasteiger partial charge in [-0.1, -0.05) is 13.8 Å². The number of fused-ring (bicyclic) bond motifs is 1. The van der Waals surface area contributed by atoms with E-state index in [4.69, 9.17) is 14.5 Å². The van der Waals surface area contributed by atoms with Gasteiger partial charge in [0.15, 0.2) is 17.3 Å². The minimum Gasteiger partial charge on any atom is -0.493 e. The zero-order valence-corrected chi connectivity index (χ0v) is 16.7. The molecular weight excluding hydrogens is 342 g/mol. The molecule has 2 aromatic rings. The van der Waals surface area contributed by atoms with Gasteiger partial charge in [0.1, 0.15) is 0 Å². The minimum atomic E-state index is 0.717. The average molecular weight is 371 g/mol. The number of rotatable bonds is 8. The molecule has 1 aromatic carbocycles. The van der Waals surface area contributed by atoms with Crippen molar-refractivity contribution in [2.45, 2.75) is 39.7 Å². The lowest BCUT2D eigenvalue weighted by Gasteiger charge is -2.31. The Hall–Kier alpha value is -2.57. The van der Waals surface area contributed by atoms with Crippen molar-refractivity contribution in [3.05, 3.63) is 29.5 Å². The topological polar surface area (TPSA) is 63.6 Å². The van der Waals surface area contributed by atoms with E-state index < -0.39 is 0 Å². The SMILES string of the molecule is CCCN(CCC)c1nncc(N2CCc3cc(OC)c(OC)cc3C2)n1. The first-order chi connectivity index (χ1) is 13.2. The molecule has 1 aliphatic rings. The molecular formula is C20H29N5O2. The van der Waals surface area contributed by atoms with Crippen LogP contribution in [-0.4, -0.2) is 49.0 Å². The third-order valence-electron chi connectivity index (χ3n) is 4.85. The van der Waals surface area contributed by atoms with Crippen molar-refractivity contribution in [2.75, 3.05) is 43.7 Å². The van der Waals surface area contributed by atoms with Crippen LogP contribution in [0.4, 0.5) is 11.8 Å². The first-order valence-corrected chi connectivity index (χ1v) is 9.63. The molecule has 2 heterocycles. The van der Waals surface area contributed by atoms with Gasteiger partial charge in [-0.3, -0.25) is 0 Å². The fraction of sp³-hybridized carbons (Fsp3) is 0.550. The summed E-state index contributed by atoms with van der Waals surface area (Å²) in [5, 5.41) is 8.49. The van der Waals surface area contributed by atoms with Crippen LogP contribution in [0.25, 0.3) is 0 Å². The summed E-state index contributed by atoms with van der Waals surface area (Å²) in [6.07, 6.45) is 4.81. The van der Waals surface area contributed by atoms with Crippen molar-refractivity contribution in [3.8, 4) is 11.5 Å². The highest BCUT2D eigenvalue weighted by molar-refractivity contribution is 5.52. The van der Waals surface area contributed by atoms with Gasteiger partial charge in [-0.2, -0.15) is 10.1 Å². The number of hydrogen-bond acceptors (Lipinski definition) is 7. The standard InChI is InChI=1S/C20H29N5O2/c1-5-8-24(9-6-2)20-22-19(13-21-23-20)25-10-7-15-11-17(26-3)18(27-4)12-16(15)14-25/h11-13H,5-10,14H2,1-4H3. The van der Waals surface area contributed by atoms with E-state index in [1.807, 2.05) is 0 Å². The number of nitrogens with zero attached hydrogens (tertiary/aromatic N) is 5. The van der Waals surface area contributed by atoms with Gasteiger partial charge >= 0.3 is 0 Å². The second-order valence-corrected chi connectivity index (χ2v) is 6.75. The highest BCUT2D eigenvalue weighted by Crippen LogP contribution is 2.34. The largest absolute Gasteiger partial charge is 0.493 e. The highest BCUT2D eigenvalue weighted by atomic mass is 16.5. The molecule has 0 spiro atoms. The molecule has 0 amide bonds. The quantitative estimate of drug-likeness (QED) is 0.706. The number of benzene rings is 1. The second-order valence-electron chi connectivity index (χ2n) is 6.75. The van der Waals surface area contributed by atoms with Gasteiger partial charge in [0.2, 0.25) is 5.95 Å². The van der Waals surface area contributed by atoms with Crippen LogP contribution in [0.3, 0.4) is 0 Å². The number of ether oxygens (including phenoxy) is 2. The normalized spacial score (nSPS) is 13.3. The monoisotopic (exact) mass is 371 g/mol. The first kappa shape index (κ1) is 19.2. The summed E-state index contributed by atoms with van der Waals surface area (Å²) in [6, 6.07) is 4.15. The minimum absolute atomic E-state index is 0.717. The van der Waals surface area contributed by atoms with Gasteiger partial charge in [0, 0.05) is 26.2 Å². The van der Waals surface area contributed by atoms with Crippen LogP contribution >= 0.6 is 0 Å². The molecule has 0 saturated heterocycles. The Morgan fingerprint density at radius 3 is 2.33 bits per heavy atom. The maximum Gasteiger partial charge on any atom is 0.247 e. The van der Waals surface area contributed by atoms with Crippen LogP contribution in [0.1, 0.15) is 37.8 Å². The van der Waals surface area contributed by atoms with Gasteiger partial charge in [0.05, 0.1) is 20.4 Å². The Bertz CT molecular complexity index is 762. The molecule has 0 bridgehead atoms. The Kier molecular flexibility index (Phi) is 6.32. The van der Waals surface area contributed by atoms with Crippen LogP contribution in [0.2, 0.25) is 0 Å². The number of hydrogen-bond donors (Lipinski definition) is 0. The van der Waals surface area contributed by atoms with Crippen molar-refractivity contribution in [2.24, 2.45) is 0 Å². The summed E-state index contributed by atoms with van der Waals surface area (Å²) in [5.41, 5.74) is 2.53. The van der Waals surface area contributed by atoms with Crippen LogP contribution in [-0.2, 0) is 13.0 Å². The summed E-state index contributed by atoms with van der Waals surface area (Å²) in [6.45, 7) is 7.89. The van der Waals surface area contributed by atoms with E-state index in [1.165, 1.54) is 11.1 Å². The molecule has 146 valence electrons. The van der Waals surface area contributed by atoms with Crippen molar-refractivity contribution in [1.29, 1.82) is 0 Å². The molecule has 1 aromatic heterocycles. The van der Waals surface area contributed by atoms with E-state index in [9.17, 15) is 0 Å². The molecule has 7 heteroatoms.